The van der Waals surface area contributed by atoms with Crippen LogP contribution in [0.15, 0.2) is 23.0 Å². The maximum Gasteiger partial charge on any atom is 0.326 e. The number of nitrogens with zero attached hydrogens (tertiary/aromatic N) is 2. The van der Waals surface area contributed by atoms with Gasteiger partial charge in [-0.2, -0.15) is 0 Å². The summed E-state index contributed by atoms with van der Waals surface area (Å²) in [5.74, 6) is 0.125. The summed E-state index contributed by atoms with van der Waals surface area (Å²) in [7, 11) is 1.67. The smallest absolute Gasteiger partial charge is 0.326 e. The molecule has 1 aromatic heterocycles. The number of likely N-dealkylation sites (tertiary alicyclic amines) is 1. The summed E-state index contributed by atoms with van der Waals surface area (Å²) in [6.07, 6.45) is 0.760. The van der Waals surface area contributed by atoms with E-state index in [2.05, 4.69) is 10.3 Å². The van der Waals surface area contributed by atoms with E-state index >= 15 is 0 Å². The molecule has 3 N–H and O–H groups in total. The van der Waals surface area contributed by atoms with Gasteiger partial charge in [-0.3, -0.25) is 14.2 Å². The molecule has 2 fully saturated rings. The highest BCUT2D eigenvalue weighted by Gasteiger charge is 2.35. The minimum atomic E-state index is -0.334. The van der Waals surface area contributed by atoms with E-state index in [4.69, 9.17) is 0 Å². The number of imidazole rings is 1. The van der Waals surface area contributed by atoms with Gasteiger partial charge in [0.25, 0.3) is 5.91 Å². The number of fused-ring (bicyclic) bond motifs is 1. The first kappa shape index (κ1) is 16.8. The number of aliphatic hydroxyl groups is 1. The summed E-state index contributed by atoms with van der Waals surface area (Å²) < 4.78 is 1.48. The molecule has 1 saturated carbocycles. The maximum atomic E-state index is 12.6. The van der Waals surface area contributed by atoms with E-state index in [1.54, 1.807) is 30.1 Å². The first-order valence-electron chi connectivity index (χ1n) is 8.86. The summed E-state index contributed by atoms with van der Waals surface area (Å²) in [6, 6.07) is 5.19. The number of aromatic nitrogens is 2. The molecular weight excluding hydrogens is 336 g/mol. The van der Waals surface area contributed by atoms with E-state index in [0.717, 1.165) is 0 Å². The lowest BCUT2D eigenvalue weighted by molar-refractivity contribution is -0.131. The zero-order valence-electron chi connectivity index (χ0n) is 14.6. The Labute approximate surface area is 149 Å². The van der Waals surface area contributed by atoms with Crippen molar-refractivity contribution in [2.24, 2.45) is 18.9 Å². The third-order valence-corrected chi connectivity index (χ3v) is 5.45. The molecular formula is C18H22N4O4. The number of hydrogen-bond donors (Lipinski definition) is 3. The van der Waals surface area contributed by atoms with Gasteiger partial charge >= 0.3 is 5.69 Å². The monoisotopic (exact) mass is 358 g/mol. The highest BCUT2D eigenvalue weighted by Crippen LogP contribution is 2.27. The number of rotatable bonds is 4. The van der Waals surface area contributed by atoms with Crippen molar-refractivity contribution in [1.82, 2.24) is 19.8 Å². The standard InChI is InChI=1S/C18H22N4O4/c1-21-15-6-11(2-3-14(15)20-18(21)26)17(25)22-8-10(9-22)7-19-16(24)12-4-13(23)5-12/h2-3,6,10,12-13,23H,4-5,7-9H2,1H3,(H,19,24)(H,20,26). The second-order valence-electron chi connectivity index (χ2n) is 7.36. The molecule has 1 aliphatic heterocycles. The normalized spacial score (nSPS) is 22.8. The Morgan fingerprint density at radius 3 is 2.73 bits per heavy atom. The Kier molecular flexibility index (Phi) is 4.07. The zero-order valence-corrected chi connectivity index (χ0v) is 14.6. The van der Waals surface area contributed by atoms with Crippen molar-refractivity contribution in [3.8, 4) is 0 Å². The fourth-order valence-corrected chi connectivity index (χ4v) is 3.59. The molecule has 1 aromatic carbocycles. The van der Waals surface area contributed by atoms with Gasteiger partial charge in [-0.15, -0.1) is 0 Å². The third-order valence-electron chi connectivity index (χ3n) is 5.45. The molecule has 26 heavy (non-hydrogen) atoms. The Morgan fingerprint density at radius 2 is 2.04 bits per heavy atom. The van der Waals surface area contributed by atoms with E-state index < -0.39 is 0 Å². The Morgan fingerprint density at radius 1 is 1.31 bits per heavy atom. The van der Waals surface area contributed by atoms with Crippen molar-refractivity contribution in [3.05, 3.63) is 34.2 Å². The minimum Gasteiger partial charge on any atom is -0.393 e. The molecule has 138 valence electrons. The van der Waals surface area contributed by atoms with Crippen LogP contribution in [0.2, 0.25) is 0 Å². The fourth-order valence-electron chi connectivity index (χ4n) is 3.59. The molecule has 0 atom stereocenters. The number of aryl methyl sites for hydroxylation is 1. The molecule has 8 nitrogen and oxygen atoms in total. The van der Waals surface area contributed by atoms with Crippen molar-refractivity contribution >= 4 is 22.8 Å². The number of nitrogens with one attached hydrogen (secondary N) is 2. The van der Waals surface area contributed by atoms with Gasteiger partial charge in [-0.1, -0.05) is 0 Å². The van der Waals surface area contributed by atoms with Crippen LogP contribution in [0.3, 0.4) is 0 Å². The predicted octanol–water partition coefficient (Wildman–Crippen LogP) is -0.174. The number of amides is 2. The molecule has 4 rings (SSSR count). The molecule has 0 unspecified atom stereocenters. The Balaban J connectivity index is 1.31. The largest absolute Gasteiger partial charge is 0.393 e. The van der Waals surface area contributed by atoms with E-state index in [1.165, 1.54) is 4.57 Å². The molecule has 0 radical (unpaired) electrons. The number of aliphatic hydroxyl groups excluding tert-OH is 1. The van der Waals surface area contributed by atoms with Crippen LogP contribution in [0.1, 0.15) is 23.2 Å². The lowest BCUT2D eigenvalue weighted by Crippen LogP contribution is -2.54. The number of aromatic amines is 1. The van der Waals surface area contributed by atoms with Gasteiger partial charge in [0.05, 0.1) is 17.1 Å². The third kappa shape index (κ3) is 2.90. The van der Waals surface area contributed by atoms with Crippen LogP contribution in [0, 0.1) is 11.8 Å². The summed E-state index contributed by atoms with van der Waals surface area (Å²) in [5.41, 5.74) is 1.76. The molecule has 0 spiro atoms. The summed E-state index contributed by atoms with van der Waals surface area (Å²) in [5, 5.41) is 12.2. The van der Waals surface area contributed by atoms with Gasteiger partial charge < -0.3 is 20.3 Å². The molecule has 2 aliphatic rings. The van der Waals surface area contributed by atoms with Crippen LogP contribution >= 0.6 is 0 Å². The molecule has 2 amide bonds. The molecule has 0 bridgehead atoms. The first-order valence-corrected chi connectivity index (χ1v) is 8.86. The number of carbonyl (C=O) groups excluding carboxylic acids is 2. The quantitative estimate of drug-likeness (QED) is 0.705. The van der Waals surface area contributed by atoms with E-state index in [0.29, 0.717) is 49.1 Å². The molecule has 1 aliphatic carbocycles. The lowest BCUT2D eigenvalue weighted by atomic mass is 9.82. The van der Waals surface area contributed by atoms with E-state index in [9.17, 15) is 19.5 Å². The number of hydrogen-bond acceptors (Lipinski definition) is 4. The van der Waals surface area contributed by atoms with Crippen LogP contribution in [0.4, 0.5) is 0 Å². The van der Waals surface area contributed by atoms with Gasteiger partial charge in [0.15, 0.2) is 0 Å². The van der Waals surface area contributed by atoms with E-state index in [1.807, 2.05) is 0 Å². The second-order valence-corrected chi connectivity index (χ2v) is 7.36. The number of carbonyl (C=O) groups is 2. The lowest BCUT2D eigenvalue weighted by Gasteiger charge is -2.40. The maximum absolute atomic E-state index is 12.6. The predicted molar refractivity (Wildman–Crippen MR) is 94.7 cm³/mol. The SMILES string of the molecule is Cn1c(=O)[nH]c2ccc(C(=O)N3CC(CNC(=O)C4CC(O)C4)C3)cc21. The topological polar surface area (TPSA) is 107 Å². The summed E-state index contributed by atoms with van der Waals surface area (Å²) >= 11 is 0. The average Bonchev–Trinajstić information content (AvgIpc) is 2.84. The fraction of sp³-hybridized carbons (Fsp3) is 0.500. The van der Waals surface area contributed by atoms with Gasteiger partial charge in [0, 0.05) is 44.1 Å². The molecule has 8 heteroatoms. The van der Waals surface area contributed by atoms with Gasteiger partial charge in [0.2, 0.25) is 5.91 Å². The van der Waals surface area contributed by atoms with Gasteiger partial charge in [-0.05, 0) is 31.0 Å². The van der Waals surface area contributed by atoms with Crippen LogP contribution in [0.25, 0.3) is 11.0 Å². The molecule has 2 aromatic rings. The van der Waals surface area contributed by atoms with Crippen LogP contribution in [0.5, 0.6) is 0 Å². The minimum absolute atomic E-state index is 0.00102. The Hall–Kier alpha value is -2.61. The highest BCUT2D eigenvalue weighted by molar-refractivity contribution is 5.97. The number of benzene rings is 1. The van der Waals surface area contributed by atoms with Crippen LogP contribution < -0.4 is 11.0 Å². The van der Waals surface area contributed by atoms with E-state index in [-0.39, 0.29) is 35.4 Å². The van der Waals surface area contributed by atoms with Crippen LogP contribution in [-0.2, 0) is 11.8 Å². The first-order chi connectivity index (χ1) is 12.4. The highest BCUT2D eigenvalue weighted by atomic mass is 16.3. The van der Waals surface area contributed by atoms with Crippen molar-refractivity contribution < 1.29 is 14.7 Å². The van der Waals surface area contributed by atoms with Gasteiger partial charge in [0.1, 0.15) is 0 Å². The molecule has 2 heterocycles. The summed E-state index contributed by atoms with van der Waals surface area (Å²) in [6.45, 7) is 1.77. The van der Waals surface area contributed by atoms with Crippen LogP contribution in [-0.4, -0.2) is 57.1 Å². The molecule has 1 saturated heterocycles. The average molecular weight is 358 g/mol. The number of H-pyrrole nitrogens is 1. The second kappa shape index (κ2) is 6.28. The Bertz CT molecular complexity index is 919. The van der Waals surface area contributed by atoms with Crippen molar-refractivity contribution in [3.63, 3.8) is 0 Å². The summed E-state index contributed by atoms with van der Waals surface area (Å²) in [4.78, 5) is 40.6. The van der Waals surface area contributed by atoms with Crippen molar-refractivity contribution in [1.29, 1.82) is 0 Å². The van der Waals surface area contributed by atoms with Gasteiger partial charge in [-0.25, -0.2) is 4.79 Å². The zero-order chi connectivity index (χ0) is 18.4. The van der Waals surface area contributed by atoms with Crippen molar-refractivity contribution in [2.75, 3.05) is 19.6 Å². The van der Waals surface area contributed by atoms with Crippen molar-refractivity contribution in [2.45, 2.75) is 18.9 Å².